The second kappa shape index (κ2) is 8.23. The van der Waals surface area contributed by atoms with Gasteiger partial charge in [-0.05, 0) is 37.6 Å². The van der Waals surface area contributed by atoms with E-state index in [0.29, 0.717) is 20.6 Å². The van der Waals surface area contributed by atoms with Crippen LogP contribution in [0.2, 0.25) is 0 Å². The minimum Gasteiger partial charge on any atom is -0.466 e. The number of ether oxygens (including phenoxy) is 1. The lowest BCUT2D eigenvalue weighted by atomic mass is 9.95. The van der Waals surface area contributed by atoms with Crippen molar-refractivity contribution in [2.24, 2.45) is 12.0 Å². The second-order valence-corrected chi connectivity index (χ2v) is 8.88. The SMILES string of the molecule is COC(=O)C1=C(C)N=c2s/c(=C/c3cnn(C)c3C)c(=O)n2[C@H]1c1ccc(N(C)C)cc1. The lowest BCUT2D eigenvalue weighted by Gasteiger charge is -2.25. The molecule has 3 aromatic rings. The maximum atomic E-state index is 13.5. The summed E-state index contributed by atoms with van der Waals surface area (Å²) in [4.78, 5) is 33.4. The average molecular weight is 452 g/mol. The third-order valence-electron chi connectivity index (χ3n) is 5.71. The lowest BCUT2D eigenvalue weighted by molar-refractivity contribution is -0.136. The van der Waals surface area contributed by atoms with E-state index >= 15 is 0 Å². The van der Waals surface area contributed by atoms with Crippen LogP contribution in [-0.4, -0.2) is 41.5 Å². The molecule has 0 fully saturated rings. The Hall–Kier alpha value is -3.46. The largest absolute Gasteiger partial charge is 0.466 e. The zero-order valence-corrected chi connectivity index (χ0v) is 19.7. The van der Waals surface area contributed by atoms with Crippen molar-refractivity contribution in [1.82, 2.24) is 14.3 Å². The van der Waals surface area contributed by atoms with Crippen molar-refractivity contribution in [3.8, 4) is 0 Å². The summed E-state index contributed by atoms with van der Waals surface area (Å²) in [5.41, 5.74) is 4.37. The first-order valence-electron chi connectivity index (χ1n) is 10.1. The molecule has 0 spiro atoms. The summed E-state index contributed by atoms with van der Waals surface area (Å²) in [6, 6.07) is 7.18. The number of thiazole rings is 1. The number of allylic oxidation sites excluding steroid dienone is 1. The quantitative estimate of drug-likeness (QED) is 0.562. The zero-order valence-electron chi connectivity index (χ0n) is 18.9. The number of nitrogens with zero attached hydrogens (tertiary/aromatic N) is 5. The molecule has 0 aliphatic carbocycles. The van der Waals surface area contributed by atoms with Gasteiger partial charge in [0.25, 0.3) is 5.56 Å². The Morgan fingerprint density at radius 3 is 2.47 bits per heavy atom. The molecule has 1 aliphatic heterocycles. The van der Waals surface area contributed by atoms with E-state index in [1.54, 1.807) is 22.4 Å². The highest BCUT2D eigenvalue weighted by atomic mass is 32.1. The molecule has 8 nitrogen and oxygen atoms in total. The number of anilines is 1. The number of esters is 1. The fraction of sp³-hybridized carbons (Fsp3) is 0.304. The molecule has 0 bridgehead atoms. The van der Waals surface area contributed by atoms with E-state index < -0.39 is 12.0 Å². The summed E-state index contributed by atoms with van der Waals surface area (Å²) in [5.74, 6) is -0.495. The fourth-order valence-corrected chi connectivity index (χ4v) is 4.80. The molecule has 0 saturated heterocycles. The van der Waals surface area contributed by atoms with E-state index in [4.69, 9.17) is 4.74 Å². The molecule has 0 radical (unpaired) electrons. The number of methoxy groups -OCH3 is 1. The van der Waals surface area contributed by atoms with Crippen LogP contribution in [0.5, 0.6) is 0 Å². The van der Waals surface area contributed by atoms with Crippen LogP contribution in [0.3, 0.4) is 0 Å². The number of benzene rings is 1. The summed E-state index contributed by atoms with van der Waals surface area (Å²) in [6.07, 6.45) is 3.56. The number of fused-ring (bicyclic) bond motifs is 1. The lowest BCUT2D eigenvalue weighted by Crippen LogP contribution is -2.39. The van der Waals surface area contributed by atoms with Crippen LogP contribution >= 0.6 is 11.3 Å². The van der Waals surface area contributed by atoms with Gasteiger partial charge >= 0.3 is 5.97 Å². The number of hydrogen-bond acceptors (Lipinski definition) is 7. The number of aryl methyl sites for hydroxylation is 1. The van der Waals surface area contributed by atoms with E-state index in [1.807, 2.05) is 63.3 Å². The minimum atomic E-state index is -0.618. The van der Waals surface area contributed by atoms with Crippen molar-refractivity contribution >= 4 is 29.1 Å². The molecule has 1 atom stereocenters. The molecule has 0 unspecified atom stereocenters. The average Bonchev–Trinajstić information content (AvgIpc) is 3.25. The van der Waals surface area contributed by atoms with Gasteiger partial charge in [0.05, 0.1) is 35.2 Å². The van der Waals surface area contributed by atoms with E-state index in [9.17, 15) is 9.59 Å². The van der Waals surface area contributed by atoms with Gasteiger partial charge in [-0.15, -0.1) is 0 Å². The van der Waals surface area contributed by atoms with Crippen molar-refractivity contribution in [2.45, 2.75) is 19.9 Å². The monoisotopic (exact) mass is 451 g/mol. The summed E-state index contributed by atoms with van der Waals surface area (Å²) in [7, 11) is 7.12. The van der Waals surface area contributed by atoms with E-state index in [0.717, 1.165) is 22.5 Å². The van der Waals surface area contributed by atoms with Crippen LogP contribution in [0, 0.1) is 6.92 Å². The first-order chi connectivity index (χ1) is 15.2. The first kappa shape index (κ1) is 21.8. The predicted molar refractivity (Wildman–Crippen MR) is 124 cm³/mol. The van der Waals surface area contributed by atoms with E-state index in [1.165, 1.54) is 18.4 Å². The van der Waals surface area contributed by atoms with Crippen molar-refractivity contribution < 1.29 is 9.53 Å². The molecule has 0 amide bonds. The molecule has 1 aliphatic rings. The maximum absolute atomic E-state index is 13.5. The molecular weight excluding hydrogens is 426 g/mol. The number of hydrogen-bond donors (Lipinski definition) is 0. The van der Waals surface area contributed by atoms with E-state index in [2.05, 4.69) is 10.1 Å². The smallest absolute Gasteiger partial charge is 0.338 e. The summed E-state index contributed by atoms with van der Waals surface area (Å²) in [6.45, 7) is 3.72. The third-order valence-corrected chi connectivity index (χ3v) is 6.69. The van der Waals surface area contributed by atoms with Crippen LogP contribution in [0.25, 0.3) is 6.08 Å². The number of rotatable bonds is 4. The standard InChI is InChI=1S/C23H25N5O3S/c1-13-19(22(30)31-6)20(15-7-9-17(10-8-15)26(3)4)28-21(29)18(32-23(28)25-13)11-16-12-24-27(5)14(16)2/h7-12,20H,1-6H3/b18-11+/t20-/m0/s1. The summed E-state index contributed by atoms with van der Waals surface area (Å²) >= 11 is 1.30. The third kappa shape index (κ3) is 3.58. The molecule has 0 saturated carbocycles. The van der Waals surface area contributed by atoms with Gasteiger partial charge < -0.3 is 9.64 Å². The zero-order chi connectivity index (χ0) is 23.2. The normalized spacial score (nSPS) is 16.1. The van der Waals surface area contributed by atoms with Crippen LogP contribution in [0.15, 0.2) is 51.5 Å². The maximum Gasteiger partial charge on any atom is 0.338 e. The highest BCUT2D eigenvalue weighted by Gasteiger charge is 2.33. The molecule has 3 heterocycles. The molecule has 166 valence electrons. The Kier molecular flexibility index (Phi) is 5.60. The van der Waals surface area contributed by atoms with Crippen LogP contribution in [-0.2, 0) is 16.6 Å². The highest BCUT2D eigenvalue weighted by Crippen LogP contribution is 2.31. The first-order valence-corrected chi connectivity index (χ1v) is 10.9. The molecule has 9 heteroatoms. The van der Waals surface area contributed by atoms with Gasteiger partial charge in [0.2, 0.25) is 0 Å². The summed E-state index contributed by atoms with van der Waals surface area (Å²) in [5, 5.41) is 4.25. The van der Waals surface area contributed by atoms with Crippen molar-refractivity contribution in [3.63, 3.8) is 0 Å². The Labute approximate surface area is 189 Å². The van der Waals surface area contributed by atoms with Gasteiger partial charge in [-0.3, -0.25) is 14.0 Å². The Morgan fingerprint density at radius 2 is 1.91 bits per heavy atom. The Balaban J connectivity index is 1.96. The van der Waals surface area contributed by atoms with E-state index in [-0.39, 0.29) is 5.56 Å². The number of aromatic nitrogens is 3. The molecule has 2 aromatic heterocycles. The van der Waals surface area contributed by atoms with Gasteiger partial charge in [-0.2, -0.15) is 5.10 Å². The Morgan fingerprint density at radius 1 is 1.22 bits per heavy atom. The topological polar surface area (TPSA) is 81.7 Å². The van der Waals surface area contributed by atoms with Crippen molar-refractivity contribution in [2.75, 3.05) is 26.1 Å². The van der Waals surface area contributed by atoms with Gasteiger partial charge in [0, 0.05) is 38.1 Å². The van der Waals surface area contributed by atoms with Gasteiger partial charge in [0.1, 0.15) is 0 Å². The fourth-order valence-electron chi connectivity index (χ4n) is 3.76. The molecular formula is C23H25N5O3S. The number of carbonyl (C=O) groups excluding carboxylic acids is 1. The minimum absolute atomic E-state index is 0.201. The highest BCUT2D eigenvalue weighted by molar-refractivity contribution is 7.07. The summed E-state index contributed by atoms with van der Waals surface area (Å²) < 4.78 is 8.94. The van der Waals surface area contributed by atoms with Gasteiger partial charge in [-0.25, -0.2) is 9.79 Å². The van der Waals surface area contributed by atoms with Crippen LogP contribution in [0.1, 0.15) is 29.8 Å². The second-order valence-electron chi connectivity index (χ2n) is 7.87. The Bertz CT molecular complexity index is 1410. The number of carbonyl (C=O) groups is 1. The van der Waals surface area contributed by atoms with Crippen LogP contribution < -0.4 is 19.8 Å². The van der Waals surface area contributed by atoms with Crippen LogP contribution in [0.4, 0.5) is 5.69 Å². The van der Waals surface area contributed by atoms with Gasteiger partial charge in [0.15, 0.2) is 4.80 Å². The van der Waals surface area contributed by atoms with Crippen molar-refractivity contribution in [1.29, 1.82) is 0 Å². The molecule has 4 rings (SSSR count). The molecule has 32 heavy (non-hydrogen) atoms. The van der Waals surface area contributed by atoms with Crippen molar-refractivity contribution in [3.05, 3.63) is 78.2 Å². The molecule has 0 N–H and O–H groups in total. The predicted octanol–water partition coefficient (Wildman–Crippen LogP) is 1.52. The molecule has 1 aromatic carbocycles. The van der Waals surface area contributed by atoms with Gasteiger partial charge in [-0.1, -0.05) is 23.5 Å².